The summed E-state index contributed by atoms with van der Waals surface area (Å²) in [6.07, 6.45) is 0.297. The number of ether oxygens (including phenoxy) is 1. The van der Waals surface area contributed by atoms with E-state index in [-0.39, 0.29) is 16.3 Å². The van der Waals surface area contributed by atoms with Crippen LogP contribution < -0.4 is 21.5 Å². The number of hydrogen-bond donors (Lipinski definition) is 4. The van der Waals surface area contributed by atoms with Crippen molar-refractivity contribution in [3.63, 3.8) is 0 Å². The highest BCUT2D eigenvalue weighted by molar-refractivity contribution is 6.42. The zero-order chi connectivity index (χ0) is 23.2. The van der Waals surface area contributed by atoms with Gasteiger partial charge in [0.15, 0.2) is 5.84 Å². The molecule has 0 aliphatic heterocycles. The van der Waals surface area contributed by atoms with Crippen molar-refractivity contribution in [2.75, 3.05) is 5.32 Å². The van der Waals surface area contributed by atoms with Crippen molar-refractivity contribution in [3.8, 4) is 11.5 Å². The van der Waals surface area contributed by atoms with Crippen molar-refractivity contribution in [2.45, 2.75) is 32.2 Å². The van der Waals surface area contributed by atoms with Crippen molar-refractivity contribution in [1.82, 2.24) is 9.55 Å². The zero-order valence-electron chi connectivity index (χ0n) is 17.2. The number of aromatic amines is 1. The third-order valence-electron chi connectivity index (χ3n) is 5.32. The van der Waals surface area contributed by atoms with Gasteiger partial charge in [-0.2, -0.15) is 4.99 Å². The number of halogens is 1. The number of amidine groups is 1. The van der Waals surface area contributed by atoms with Gasteiger partial charge in [-0.3, -0.25) is 9.36 Å². The molecule has 0 atom stereocenters. The molecule has 2 aromatic carbocycles. The van der Waals surface area contributed by atoms with E-state index in [1.54, 1.807) is 35.8 Å². The number of carboxylic acid groups (broad SMARTS) is 1. The van der Waals surface area contributed by atoms with E-state index in [4.69, 9.17) is 27.2 Å². The molecule has 1 heterocycles. The maximum absolute atomic E-state index is 12.4. The van der Waals surface area contributed by atoms with Crippen LogP contribution in [0.2, 0.25) is 5.02 Å². The molecular weight excluding hydrogens is 438 g/mol. The fourth-order valence-electron chi connectivity index (χ4n) is 3.49. The SMILES string of the molecule is Cc1cc(NC(=O)/C(N)=N/C(=O)O)cc(Cl)c1Oc1ccc2[nH]c(=O)n(C3(C)CC3)c2c1. The van der Waals surface area contributed by atoms with Crippen molar-refractivity contribution >= 4 is 46.2 Å². The summed E-state index contributed by atoms with van der Waals surface area (Å²) in [5, 5.41) is 11.2. The number of anilines is 1. The Labute approximate surface area is 186 Å². The molecule has 1 aliphatic rings. The smallest absolute Gasteiger partial charge is 0.433 e. The summed E-state index contributed by atoms with van der Waals surface area (Å²) in [7, 11) is 0. The first-order chi connectivity index (χ1) is 15.1. The van der Waals surface area contributed by atoms with E-state index in [0.29, 0.717) is 22.7 Å². The van der Waals surface area contributed by atoms with Gasteiger partial charge in [-0.15, -0.1) is 0 Å². The number of amides is 2. The molecule has 0 radical (unpaired) electrons. The number of fused-ring (bicyclic) bond motifs is 1. The average Bonchev–Trinajstić information content (AvgIpc) is 3.34. The molecule has 1 saturated carbocycles. The summed E-state index contributed by atoms with van der Waals surface area (Å²) in [4.78, 5) is 40.7. The second-order valence-electron chi connectivity index (χ2n) is 7.88. The molecule has 10 nitrogen and oxygen atoms in total. The number of H-pyrrole nitrogens is 1. The van der Waals surface area contributed by atoms with Gasteiger partial charge in [-0.1, -0.05) is 11.6 Å². The topological polar surface area (TPSA) is 152 Å². The van der Waals surface area contributed by atoms with Crippen LogP contribution in [0.3, 0.4) is 0 Å². The maximum atomic E-state index is 12.4. The lowest BCUT2D eigenvalue weighted by molar-refractivity contribution is -0.110. The molecule has 0 saturated heterocycles. The average molecular weight is 458 g/mol. The van der Waals surface area contributed by atoms with Gasteiger partial charge in [0, 0.05) is 17.3 Å². The number of hydrogen-bond acceptors (Lipinski definition) is 4. The van der Waals surface area contributed by atoms with Crippen LogP contribution in [0.25, 0.3) is 11.0 Å². The Morgan fingerprint density at radius 2 is 2.03 bits per heavy atom. The van der Waals surface area contributed by atoms with Crippen LogP contribution in [0.4, 0.5) is 10.5 Å². The Kier molecular flexibility index (Phi) is 5.17. The molecule has 11 heteroatoms. The predicted molar refractivity (Wildman–Crippen MR) is 120 cm³/mol. The molecule has 32 heavy (non-hydrogen) atoms. The third-order valence-corrected chi connectivity index (χ3v) is 5.60. The fraction of sp³-hybridized carbons (Fsp3) is 0.238. The Balaban J connectivity index is 1.61. The number of benzene rings is 2. The lowest BCUT2D eigenvalue weighted by Crippen LogP contribution is -2.31. The van der Waals surface area contributed by atoms with Crippen molar-refractivity contribution < 1.29 is 19.4 Å². The van der Waals surface area contributed by atoms with Gasteiger partial charge in [0.25, 0.3) is 5.91 Å². The number of imidazole rings is 1. The van der Waals surface area contributed by atoms with E-state index in [1.807, 2.05) is 6.92 Å². The van der Waals surface area contributed by atoms with Crippen LogP contribution in [-0.4, -0.2) is 32.5 Å². The van der Waals surface area contributed by atoms with Crippen molar-refractivity contribution in [3.05, 3.63) is 51.4 Å². The van der Waals surface area contributed by atoms with Gasteiger partial charge in [0.2, 0.25) is 0 Å². The van der Waals surface area contributed by atoms with E-state index in [9.17, 15) is 14.4 Å². The van der Waals surface area contributed by atoms with Crippen LogP contribution in [0, 0.1) is 6.92 Å². The normalized spacial score (nSPS) is 14.9. The van der Waals surface area contributed by atoms with Gasteiger partial charge in [0.05, 0.1) is 16.1 Å². The summed E-state index contributed by atoms with van der Waals surface area (Å²) in [6, 6.07) is 8.34. The monoisotopic (exact) mass is 457 g/mol. The Morgan fingerprint density at radius 1 is 1.31 bits per heavy atom. The van der Waals surface area contributed by atoms with Crippen LogP contribution >= 0.6 is 11.6 Å². The molecule has 2 amide bonds. The predicted octanol–water partition coefficient (Wildman–Crippen LogP) is 3.57. The molecule has 5 N–H and O–H groups in total. The summed E-state index contributed by atoms with van der Waals surface area (Å²) in [5.74, 6) is -0.699. The van der Waals surface area contributed by atoms with E-state index in [1.165, 1.54) is 6.07 Å². The molecule has 166 valence electrons. The second kappa shape index (κ2) is 7.72. The number of nitrogens with one attached hydrogen (secondary N) is 2. The number of aromatic nitrogens is 2. The number of carbonyl (C=O) groups excluding carboxylic acids is 1. The first-order valence-corrected chi connectivity index (χ1v) is 10.1. The van der Waals surface area contributed by atoms with Gasteiger partial charge in [0.1, 0.15) is 11.5 Å². The fourth-order valence-corrected chi connectivity index (χ4v) is 3.79. The largest absolute Gasteiger partial charge is 0.463 e. The third kappa shape index (κ3) is 4.04. The highest BCUT2D eigenvalue weighted by atomic mass is 35.5. The number of nitrogens with two attached hydrogens (primary N) is 1. The standard InChI is InChI=1S/C21H20ClN5O5/c1-10-7-11(24-18(28)17(23)26-20(30)31)8-13(22)16(10)32-12-3-4-14-15(9-12)27(19(29)25-14)21(2)5-6-21/h3-4,7-9H,5-6H2,1-2H3,(H2,23,26)(H,24,28)(H,25,29)(H,30,31). The Morgan fingerprint density at radius 3 is 2.66 bits per heavy atom. The van der Waals surface area contributed by atoms with E-state index in [0.717, 1.165) is 23.9 Å². The zero-order valence-corrected chi connectivity index (χ0v) is 18.0. The molecule has 1 aromatic heterocycles. The second-order valence-corrected chi connectivity index (χ2v) is 8.29. The molecule has 0 unspecified atom stereocenters. The van der Waals surface area contributed by atoms with Gasteiger partial charge < -0.3 is 25.9 Å². The summed E-state index contributed by atoms with van der Waals surface area (Å²) in [5.41, 5.74) is 7.38. The van der Waals surface area contributed by atoms with E-state index >= 15 is 0 Å². The highest BCUT2D eigenvalue weighted by Gasteiger charge is 2.41. The molecule has 1 fully saturated rings. The lowest BCUT2D eigenvalue weighted by Gasteiger charge is -2.14. The molecule has 0 spiro atoms. The molecule has 1 aliphatic carbocycles. The minimum atomic E-state index is -1.57. The first kappa shape index (κ1) is 21.4. The van der Waals surface area contributed by atoms with Crippen LogP contribution in [0.15, 0.2) is 40.1 Å². The quantitative estimate of drug-likeness (QED) is 0.347. The number of carbonyl (C=O) groups is 2. The maximum Gasteiger partial charge on any atom is 0.433 e. The molecular formula is C21H20ClN5O5. The van der Waals surface area contributed by atoms with E-state index < -0.39 is 17.8 Å². The van der Waals surface area contributed by atoms with Gasteiger partial charge >= 0.3 is 11.8 Å². The molecule has 4 rings (SSSR count). The minimum absolute atomic E-state index is 0.155. The minimum Gasteiger partial charge on any atom is -0.463 e. The van der Waals surface area contributed by atoms with Crippen molar-refractivity contribution in [2.24, 2.45) is 10.7 Å². The summed E-state index contributed by atoms with van der Waals surface area (Å²) >= 11 is 6.37. The van der Waals surface area contributed by atoms with Crippen LogP contribution in [0.5, 0.6) is 11.5 Å². The lowest BCUT2D eigenvalue weighted by atomic mass is 10.2. The Hall–Kier alpha value is -3.79. The number of rotatable bonds is 4. The number of aliphatic imine (C=N–C) groups is 1. The first-order valence-electron chi connectivity index (χ1n) is 9.69. The van der Waals surface area contributed by atoms with Gasteiger partial charge in [-0.25, -0.2) is 9.59 Å². The summed E-state index contributed by atoms with van der Waals surface area (Å²) < 4.78 is 7.76. The van der Waals surface area contributed by atoms with Gasteiger partial charge in [-0.05, 0) is 56.5 Å². The van der Waals surface area contributed by atoms with E-state index in [2.05, 4.69) is 15.3 Å². The molecule has 0 bridgehead atoms. The number of nitrogens with zero attached hydrogens (tertiary/aromatic N) is 2. The highest BCUT2D eigenvalue weighted by Crippen LogP contribution is 2.44. The molecule has 3 aromatic rings. The number of aryl methyl sites for hydroxylation is 1. The summed E-state index contributed by atoms with van der Waals surface area (Å²) in [6.45, 7) is 3.78. The Bertz CT molecular complexity index is 1330. The van der Waals surface area contributed by atoms with Crippen LogP contribution in [0.1, 0.15) is 25.3 Å². The van der Waals surface area contributed by atoms with Crippen molar-refractivity contribution in [1.29, 1.82) is 0 Å². The van der Waals surface area contributed by atoms with Crippen LogP contribution in [-0.2, 0) is 10.3 Å².